The van der Waals surface area contributed by atoms with Gasteiger partial charge >= 0.3 is 0 Å². The SMILES string of the molecule is B[C@@H]1O[C@H](/C=C/P(=C)(O)O)[C@H](O)C1OCCCC. The van der Waals surface area contributed by atoms with Gasteiger partial charge in [0.1, 0.15) is 33.5 Å². The van der Waals surface area contributed by atoms with Gasteiger partial charge in [-0.3, -0.25) is 0 Å². The van der Waals surface area contributed by atoms with E-state index in [-0.39, 0.29) is 12.1 Å². The van der Waals surface area contributed by atoms with Gasteiger partial charge in [-0.15, -0.1) is 0 Å². The third-order valence-electron chi connectivity index (χ3n) is 2.83. The van der Waals surface area contributed by atoms with E-state index in [1.807, 2.05) is 7.85 Å². The second kappa shape index (κ2) is 6.89. The molecule has 0 aromatic carbocycles. The molecule has 0 aromatic heterocycles. The highest BCUT2D eigenvalue weighted by atomic mass is 31.2. The Balaban J connectivity index is 2.55. The average molecular weight is 276 g/mol. The van der Waals surface area contributed by atoms with E-state index in [0.717, 1.165) is 12.8 Å². The molecule has 0 saturated carbocycles. The lowest BCUT2D eigenvalue weighted by atomic mass is 9.93. The van der Waals surface area contributed by atoms with Gasteiger partial charge in [-0.1, -0.05) is 13.3 Å². The van der Waals surface area contributed by atoms with Crippen molar-refractivity contribution in [3.8, 4) is 0 Å². The number of rotatable bonds is 6. The van der Waals surface area contributed by atoms with E-state index >= 15 is 0 Å². The van der Waals surface area contributed by atoms with Crippen LogP contribution >= 0.6 is 7.34 Å². The summed E-state index contributed by atoms with van der Waals surface area (Å²) >= 11 is 0. The van der Waals surface area contributed by atoms with Crippen molar-refractivity contribution in [1.82, 2.24) is 0 Å². The zero-order valence-corrected chi connectivity index (χ0v) is 11.8. The van der Waals surface area contributed by atoms with E-state index in [1.54, 1.807) is 0 Å². The van der Waals surface area contributed by atoms with Crippen molar-refractivity contribution in [2.45, 2.75) is 44.1 Å². The molecule has 4 atom stereocenters. The first kappa shape index (κ1) is 16.0. The molecule has 18 heavy (non-hydrogen) atoms. The van der Waals surface area contributed by atoms with Crippen LogP contribution in [-0.4, -0.2) is 60.0 Å². The maximum Gasteiger partial charge on any atom is 0.142 e. The fourth-order valence-electron chi connectivity index (χ4n) is 1.85. The van der Waals surface area contributed by atoms with Crippen LogP contribution in [-0.2, 0) is 9.47 Å². The Morgan fingerprint density at radius 2 is 2.17 bits per heavy atom. The van der Waals surface area contributed by atoms with Crippen molar-refractivity contribution in [2.24, 2.45) is 0 Å². The first-order valence-electron chi connectivity index (χ1n) is 6.18. The largest absolute Gasteiger partial charge is 0.387 e. The van der Waals surface area contributed by atoms with Crippen molar-refractivity contribution in [3.63, 3.8) is 0 Å². The molecule has 1 unspecified atom stereocenters. The summed E-state index contributed by atoms with van der Waals surface area (Å²) in [5.41, 5.74) is 0. The molecule has 0 aromatic rings. The Morgan fingerprint density at radius 3 is 2.72 bits per heavy atom. The molecule has 7 heteroatoms. The summed E-state index contributed by atoms with van der Waals surface area (Å²) in [5.74, 6) is 1.20. The first-order valence-corrected chi connectivity index (χ1v) is 8.13. The van der Waals surface area contributed by atoms with Gasteiger partial charge in [-0.2, -0.15) is 0 Å². The lowest BCUT2D eigenvalue weighted by molar-refractivity contribution is -0.0203. The number of hydrogen-bond acceptors (Lipinski definition) is 5. The lowest BCUT2D eigenvalue weighted by Crippen LogP contribution is -2.35. The molecule has 1 heterocycles. The van der Waals surface area contributed by atoms with Gasteiger partial charge in [0.05, 0.1) is 6.00 Å². The molecule has 104 valence electrons. The van der Waals surface area contributed by atoms with Gasteiger partial charge in [0, 0.05) is 6.61 Å². The third kappa shape index (κ3) is 4.88. The van der Waals surface area contributed by atoms with Gasteiger partial charge < -0.3 is 24.4 Å². The zero-order chi connectivity index (χ0) is 13.8. The first-order chi connectivity index (χ1) is 8.35. The maximum atomic E-state index is 10.0. The summed E-state index contributed by atoms with van der Waals surface area (Å²) in [6.07, 6.45) is 4.90. The highest BCUT2D eigenvalue weighted by Gasteiger charge is 2.40. The van der Waals surface area contributed by atoms with Crippen molar-refractivity contribution in [1.29, 1.82) is 0 Å². The summed E-state index contributed by atoms with van der Waals surface area (Å²) in [7, 11) is -1.39. The van der Waals surface area contributed by atoms with Crippen LogP contribution in [0, 0.1) is 0 Å². The quantitative estimate of drug-likeness (QED) is 0.352. The van der Waals surface area contributed by atoms with Gasteiger partial charge in [-0.25, -0.2) is 0 Å². The summed E-state index contributed by atoms with van der Waals surface area (Å²) < 4.78 is 11.1. The molecule has 1 saturated heterocycles. The standard InChI is InChI=1S/C11H22BO5P/c1-3-4-6-16-10-9(13)8(17-11(10)12)5-7-18(2,14)15/h5,7-11,13-15H,2-4,6,12H2,1H3/b7-5+/t8-,9+,10?,11-/m1/s1. The van der Waals surface area contributed by atoms with Crippen LogP contribution in [0.1, 0.15) is 19.8 Å². The summed E-state index contributed by atoms with van der Waals surface area (Å²) in [6.45, 7) is 2.66. The second-order valence-electron chi connectivity index (χ2n) is 4.61. The Morgan fingerprint density at radius 1 is 1.50 bits per heavy atom. The monoisotopic (exact) mass is 276 g/mol. The highest BCUT2D eigenvalue weighted by molar-refractivity contribution is 7.65. The Kier molecular flexibility index (Phi) is 6.11. The number of unbranched alkanes of at least 4 members (excludes halogenated alkanes) is 1. The van der Waals surface area contributed by atoms with Crippen molar-refractivity contribution >= 4 is 21.5 Å². The maximum absolute atomic E-state index is 10.0. The van der Waals surface area contributed by atoms with E-state index in [9.17, 15) is 5.11 Å². The van der Waals surface area contributed by atoms with E-state index in [2.05, 4.69) is 13.2 Å². The lowest BCUT2D eigenvalue weighted by Gasteiger charge is -2.18. The molecule has 3 N–H and O–H groups in total. The van der Waals surface area contributed by atoms with Gasteiger partial charge in [-0.05, 0) is 24.6 Å². The van der Waals surface area contributed by atoms with Crippen molar-refractivity contribution < 1.29 is 24.4 Å². The van der Waals surface area contributed by atoms with Crippen LogP contribution in [0.5, 0.6) is 0 Å². The molecule has 0 radical (unpaired) electrons. The summed E-state index contributed by atoms with van der Waals surface area (Å²) in [5, 5.41) is 10.0. The molecule has 0 spiro atoms. The molecule has 0 aliphatic carbocycles. The molecular formula is C11H22BO5P. The number of aliphatic hydroxyl groups is 1. The number of ether oxygens (including phenoxy) is 2. The Hall–Kier alpha value is -0.0951. The average Bonchev–Trinajstić information content (AvgIpc) is 2.53. The van der Waals surface area contributed by atoms with Crippen molar-refractivity contribution in [2.75, 3.05) is 6.61 Å². The smallest absolute Gasteiger partial charge is 0.142 e. The molecule has 0 amide bonds. The number of hydrogen-bond donors (Lipinski definition) is 3. The topological polar surface area (TPSA) is 79.2 Å². The second-order valence-corrected chi connectivity index (χ2v) is 6.48. The fourth-order valence-corrected chi connectivity index (χ4v) is 2.30. The Bertz CT molecular complexity index is 329. The van der Waals surface area contributed by atoms with Gasteiger partial charge in [0.15, 0.2) is 0 Å². The predicted octanol–water partition coefficient (Wildman–Crippen LogP) is -0.332. The zero-order valence-electron chi connectivity index (χ0n) is 10.9. The van der Waals surface area contributed by atoms with Crippen molar-refractivity contribution in [3.05, 3.63) is 11.9 Å². The van der Waals surface area contributed by atoms with Crippen LogP contribution in [0.4, 0.5) is 0 Å². The van der Waals surface area contributed by atoms with Crippen LogP contribution in [0.2, 0.25) is 0 Å². The molecule has 1 aliphatic heterocycles. The molecule has 1 aliphatic rings. The molecule has 1 rings (SSSR count). The van der Waals surface area contributed by atoms with E-state index in [0.29, 0.717) is 6.61 Å². The summed E-state index contributed by atoms with van der Waals surface area (Å²) in [6, 6.07) is -0.221. The minimum absolute atomic E-state index is 0.221. The van der Waals surface area contributed by atoms with Crippen LogP contribution in [0.3, 0.4) is 0 Å². The van der Waals surface area contributed by atoms with E-state index in [1.165, 1.54) is 11.9 Å². The van der Waals surface area contributed by atoms with Crippen LogP contribution in [0.15, 0.2) is 11.9 Å². The van der Waals surface area contributed by atoms with Gasteiger partial charge in [0.25, 0.3) is 0 Å². The normalized spacial score (nSPS) is 33.3. The molecule has 5 nitrogen and oxygen atoms in total. The predicted molar refractivity (Wildman–Crippen MR) is 75.5 cm³/mol. The molecular weight excluding hydrogens is 254 g/mol. The van der Waals surface area contributed by atoms with Gasteiger partial charge in [0.2, 0.25) is 0 Å². The third-order valence-corrected chi connectivity index (χ3v) is 3.48. The Labute approximate surface area is 109 Å². The van der Waals surface area contributed by atoms with E-state index in [4.69, 9.17) is 19.3 Å². The van der Waals surface area contributed by atoms with Crippen LogP contribution in [0.25, 0.3) is 0 Å². The van der Waals surface area contributed by atoms with E-state index < -0.39 is 19.5 Å². The minimum atomic E-state index is -3.22. The number of aliphatic hydroxyl groups excluding tert-OH is 1. The highest BCUT2D eigenvalue weighted by Crippen LogP contribution is 2.36. The molecule has 0 bridgehead atoms. The fraction of sp³-hybridized carbons (Fsp3) is 0.727. The van der Waals surface area contributed by atoms with Crippen LogP contribution < -0.4 is 0 Å². The molecule has 1 fully saturated rings. The minimum Gasteiger partial charge on any atom is -0.387 e. The summed E-state index contributed by atoms with van der Waals surface area (Å²) in [4.78, 5) is 18.3.